The third kappa shape index (κ3) is 3.72. The van der Waals surface area contributed by atoms with Gasteiger partial charge in [-0.1, -0.05) is 0 Å². The van der Waals surface area contributed by atoms with Crippen molar-refractivity contribution in [3.63, 3.8) is 0 Å². The molecule has 0 spiro atoms. The third-order valence-electron chi connectivity index (χ3n) is 2.92. The number of aromatic nitrogens is 6. The highest BCUT2D eigenvalue weighted by Gasteiger charge is 2.09. The highest BCUT2D eigenvalue weighted by molar-refractivity contribution is 5.52. The fourth-order valence-electron chi connectivity index (χ4n) is 1.88. The molecule has 3 aromatic heterocycles. The van der Waals surface area contributed by atoms with Crippen LogP contribution >= 0.6 is 0 Å². The molecule has 0 saturated carbocycles. The van der Waals surface area contributed by atoms with Crippen molar-refractivity contribution in [2.75, 3.05) is 0 Å². The summed E-state index contributed by atoms with van der Waals surface area (Å²) < 4.78 is 29.5. The summed E-state index contributed by atoms with van der Waals surface area (Å²) in [5.41, 5.74) is 0.908. The fraction of sp³-hybridized carbons (Fsp3) is 0.143. The number of hydrogen-bond acceptors (Lipinski definition) is 7. The van der Waals surface area contributed by atoms with Gasteiger partial charge in [0.05, 0.1) is 12.2 Å². The van der Waals surface area contributed by atoms with E-state index < -0.39 is 6.61 Å². The molecule has 0 atom stereocenters. The van der Waals surface area contributed by atoms with E-state index in [0.717, 1.165) is 0 Å². The lowest BCUT2D eigenvalue weighted by Crippen LogP contribution is -2.23. The Hall–Kier alpha value is -3.30. The smallest absolute Gasteiger partial charge is 0.388 e. The van der Waals surface area contributed by atoms with Gasteiger partial charge in [-0.3, -0.25) is 4.79 Å². The second-order valence-electron chi connectivity index (χ2n) is 4.56. The van der Waals surface area contributed by atoms with Crippen LogP contribution in [0, 0.1) is 0 Å². The molecule has 0 radical (unpaired) electrons. The standard InChI is InChI=1S/C14H10F2N6O2/c15-14(16)24-12-5-3-10(19-20-12)11-4-6-13(23)22(21-11)8-9-2-1-7-17-18-9/h1-7,14H,8H2. The molecule has 0 aliphatic carbocycles. The highest BCUT2D eigenvalue weighted by Crippen LogP contribution is 2.15. The van der Waals surface area contributed by atoms with Gasteiger partial charge in [0.25, 0.3) is 5.56 Å². The minimum Gasteiger partial charge on any atom is -0.415 e. The van der Waals surface area contributed by atoms with Crippen molar-refractivity contribution in [3.8, 4) is 17.3 Å². The average molecular weight is 332 g/mol. The predicted octanol–water partition coefficient (Wildman–Crippen LogP) is 1.14. The van der Waals surface area contributed by atoms with Crippen molar-refractivity contribution in [2.45, 2.75) is 13.2 Å². The second-order valence-corrected chi connectivity index (χ2v) is 4.56. The molecule has 0 unspecified atom stereocenters. The Kier molecular flexibility index (Phi) is 4.45. The Morgan fingerprint density at radius 2 is 1.88 bits per heavy atom. The molecule has 0 saturated heterocycles. The Morgan fingerprint density at radius 3 is 2.54 bits per heavy atom. The van der Waals surface area contributed by atoms with Crippen molar-refractivity contribution in [2.24, 2.45) is 0 Å². The van der Waals surface area contributed by atoms with Gasteiger partial charge in [0.1, 0.15) is 11.4 Å². The molecule has 8 nitrogen and oxygen atoms in total. The monoisotopic (exact) mass is 332 g/mol. The molecule has 0 fully saturated rings. The van der Waals surface area contributed by atoms with Gasteiger partial charge in [0.2, 0.25) is 5.88 Å². The van der Waals surface area contributed by atoms with Crippen LogP contribution in [0.5, 0.6) is 5.88 Å². The number of hydrogen-bond donors (Lipinski definition) is 0. The molecule has 3 rings (SSSR count). The third-order valence-corrected chi connectivity index (χ3v) is 2.92. The van der Waals surface area contributed by atoms with E-state index >= 15 is 0 Å². The first-order chi connectivity index (χ1) is 11.6. The normalized spacial score (nSPS) is 10.8. The minimum absolute atomic E-state index is 0.139. The summed E-state index contributed by atoms with van der Waals surface area (Å²) in [5, 5.41) is 19.1. The summed E-state index contributed by atoms with van der Waals surface area (Å²) in [6.07, 6.45) is 1.52. The molecule has 122 valence electrons. The summed E-state index contributed by atoms with van der Waals surface area (Å²) in [4.78, 5) is 11.9. The summed E-state index contributed by atoms with van der Waals surface area (Å²) >= 11 is 0. The van der Waals surface area contributed by atoms with Crippen LogP contribution in [0.1, 0.15) is 5.69 Å². The van der Waals surface area contributed by atoms with Crippen LogP contribution in [0.4, 0.5) is 8.78 Å². The molecule has 0 amide bonds. The Bertz CT molecular complexity index is 870. The molecular formula is C14H10F2N6O2. The van der Waals surface area contributed by atoms with Gasteiger partial charge in [-0.15, -0.1) is 10.2 Å². The largest absolute Gasteiger partial charge is 0.415 e. The Labute approximate surface area is 133 Å². The maximum Gasteiger partial charge on any atom is 0.388 e. The van der Waals surface area contributed by atoms with Gasteiger partial charge in [0.15, 0.2) is 0 Å². The highest BCUT2D eigenvalue weighted by atomic mass is 19.3. The summed E-state index contributed by atoms with van der Waals surface area (Å²) in [6, 6.07) is 8.87. The number of ether oxygens (including phenoxy) is 1. The lowest BCUT2D eigenvalue weighted by Gasteiger charge is -2.06. The molecular weight excluding hydrogens is 322 g/mol. The first-order valence-electron chi connectivity index (χ1n) is 6.75. The van der Waals surface area contributed by atoms with Crippen LogP contribution in [0.15, 0.2) is 47.4 Å². The number of rotatable bonds is 5. The van der Waals surface area contributed by atoms with Crippen LogP contribution < -0.4 is 10.3 Å². The van der Waals surface area contributed by atoms with E-state index in [2.05, 4.69) is 30.2 Å². The van der Waals surface area contributed by atoms with Gasteiger partial charge in [-0.2, -0.15) is 24.1 Å². The maximum absolute atomic E-state index is 12.1. The van der Waals surface area contributed by atoms with Crippen molar-refractivity contribution >= 4 is 0 Å². The molecule has 10 heteroatoms. The second kappa shape index (κ2) is 6.86. The van der Waals surface area contributed by atoms with Crippen LogP contribution in [0.2, 0.25) is 0 Å². The fourth-order valence-corrected chi connectivity index (χ4v) is 1.88. The Morgan fingerprint density at radius 1 is 1.04 bits per heavy atom. The first-order valence-corrected chi connectivity index (χ1v) is 6.75. The number of nitrogens with zero attached hydrogens (tertiary/aromatic N) is 6. The van der Waals surface area contributed by atoms with Crippen LogP contribution in [0.25, 0.3) is 11.4 Å². The van der Waals surface area contributed by atoms with E-state index in [9.17, 15) is 13.6 Å². The summed E-state index contributed by atoms with van der Waals surface area (Å²) in [6.45, 7) is -2.84. The zero-order valence-electron chi connectivity index (χ0n) is 12.1. The molecule has 0 aliphatic heterocycles. The maximum atomic E-state index is 12.1. The van der Waals surface area contributed by atoms with Gasteiger partial charge >= 0.3 is 6.61 Å². The number of halogens is 2. The minimum atomic E-state index is -2.97. The van der Waals surface area contributed by atoms with Gasteiger partial charge < -0.3 is 4.74 Å². The molecule has 0 aliphatic rings. The lowest BCUT2D eigenvalue weighted by molar-refractivity contribution is -0.0534. The van der Waals surface area contributed by atoms with Gasteiger partial charge in [0, 0.05) is 18.3 Å². The lowest BCUT2D eigenvalue weighted by atomic mass is 10.3. The van der Waals surface area contributed by atoms with E-state index in [1.807, 2.05) is 0 Å². The predicted molar refractivity (Wildman–Crippen MR) is 77.3 cm³/mol. The number of alkyl halides is 2. The van der Waals surface area contributed by atoms with E-state index in [0.29, 0.717) is 17.1 Å². The summed E-state index contributed by atoms with van der Waals surface area (Å²) in [7, 11) is 0. The quantitative estimate of drug-likeness (QED) is 0.691. The van der Waals surface area contributed by atoms with Gasteiger partial charge in [-0.25, -0.2) is 4.68 Å². The summed E-state index contributed by atoms with van der Waals surface area (Å²) in [5.74, 6) is -0.304. The molecule has 3 aromatic rings. The van der Waals surface area contributed by atoms with Crippen molar-refractivity contribution in [1.82, 2.24) is 30.2 Å². The van der Waals surface area contributed by atoms with Crippen molar-refractivity contribution < 1.29 is 13.5 Å². The molecule has 0 N–H and O–H groups in total. The zero-order chi connectivity index (χ0) is 16.9. The first kappa shape index (κ1) is 15.6. The average Bonchev–Trinajstić information content (AvgIpc) is 2.58. The van der Waals surface area contributed by atoms with Crippen LogP contribution in [-0.4, -0.2) is 36.8 Å². The van der Waals surface area contributed by atoms with Crippen molar-refractivity contribution in [1.29, 1.82) is 0 Å². The topological polar surface area (TPSA) is 95.7 Å². The molecule has 3 heterocycles. The molecule has 24 heavy (non-hydrogen) atoms. The van der Waals surface area contributed by atoms with Crippen LogP contribution in [0.3, 0.4) is 0 Å². The molecule has 0 bridgehead atoms. The van der Waals surface area contributed by atoms with Crippen molar-refractivity contribution in [3.05, 3.63) is 58.6 Å². The zero-order valence-corrected chi connectivity index (χ0v) is 12.1. The van der Waals surface area contributed by atoms with E-state index in [1.54, 1.807) is 12.1 Å². The van der Waals surface area contributed by atoms with E-state index in [4.69, 9.17) is 0 Å². The SMILES string of the molecule is O=c1ccc(-c2ccc(OC(F)F)nn2)nn1Cc1cccnn1. The van der Waals surface area contributed by atoms with Crippen LogP contribution in [-0.2, 0) is 6.54 Å². The van der Waals surface area contributed by atoms with E-state index in [-0.39, 0.29) is 18.0 Å². The van der Waals surface area contributed by atoms with Gasteiger partial charge in [-0.05, 0) is 24.3 Å². The Balaban J connectivity index is 1.86. The molecule has 0 aromatic carbocycles. The van der Waals surface area contributed by atoms with E-state index in [1.165, 1.54) is 35.1 Å².